The van der Waals surface area contributed by atoms with Crippen molar-refractivity contribution in [2.24, 2.45) is 0 Å². The first kappa shape index (κ1) is 13.6. The number of thiophene rings is 1. The van der Waals surface area contributed by atoms with Gasteiger partial charge >= 0.3 is 0 Å². The predicted octanol–water partition coefficient (Wildman–Crippen LogP) is 6.08. The second-order valence-corrected chi connectivity index (χ2v) is 6.96. The normalized spacial score (nSPS) is 10.7. The first-order chi connectivity index (χ1) is 9.72. The van der Waals surface area contributed by atoms with E-state index >= 15 is 0 Å². The summed E-state index contributed by atoms with van der Waals surface area (Å²) in [6.45, 7) is 2.17. The van der Waals surface area contributed by atoms with E-state index in [0.29, 0.717) is 0 Å². The molecule has 0 aliphatic rings. The quantitative estimate of drug-likeness (QED) is 0.541. The van der Waals surface area contributed by atoms with Gasteiger partial charge in [0.05, 0.1) is 0 Å². The Morgan fingerprint density at radius 3 is 2.55 bits per heavy atom. The van der Waals surface area contributed by atoms with E-state index in [4.69, 9.17) is 0 Å². The van der Waals surface area contributed by atoms with E-state index < -0.39 is 0 Å². The second kappa shape index (κ2) is 5.94. The van der Waals surface area contributed by atoms with Crippen LogP contribution in [0, 0.1) is 6.92 Å². The summed E-state index contributed by atoms with van der Waals surface area (Å²) in [5.74, 6) is 0. The minimum Gasteiger partial charge on any atom is -0.140 e. The molecule has 0 saturated carbocycles. The Bertz CT molecular complexity index is 713. The van der Waals surface area contributed by atoms with Gasteiger partial charge in [0, 0.05) is 20.6 Å². The molecule has 0 atom stereocenters. The predicted molar refractivity (Wildman–Crippen MR) is 91.4 cm³/mol. The first-order valence-electron chi connectivity index (χ1n) is 6.61. The summed E-state index contributed by atoms with van der Waals surface area (Å²) in [7, 11) is 0. The molecule has 1 aromatic heterocycles. The molecule has 0 spiro atoms. The van der Waals surface area contributed by atoms with Gasteiger partial charge in [0.1, 0.15) is 0 Å². The average Bonchev–Trinajstić information content (AvgIpc) is 2.92. The molecule has 0 N–H and O–H groups in total. The summed E-state index contributed by atoms with van der Waals surface area (Å²) in [5, 5.41) is 0. The number of aryl methyl sites for hydroxylation is 1. The highest BCUT2D eigenvalue weighted by Gasteiger charge is 2.05. The summed E-state index contributed by atoms with van der Waals surface area (Å²) in [6.07, 6.45) is 1.00. The smallest absolute Gasteiger partial charge is 0.0345 e. The second-order valence-electron chi connectivity index (χ2n) is 4.88. The molecule has 0 fully saturated rings. The van der Waals surface area contributed by atoms with E-state index in [1.807, 2.05) is 11.3 Å². The molecule has 0 aliphatic heterocycles. The number of benzene rings is 2. The number of hydrogen-bond donors (Lipinski definition) is 0. The highest BCUT2D eigenvalue weighted by Crippen LogP contribution is 2.30. The zero-order chi connectivity index (χ0) is 13.9. The molecule has 0 saturated heterocycles. The standard InChI is InChI=1S/C18H15BrS/c1-13-7-8-16(19)11-15(13)12-17-9-10-18(20-17)14-5-3-2-4-6-14/h2-11H,12H2,1H3. The fraction of sp³-hybridized carbons (Fsp3) is 0.111. The van der Waals surface area contributed by atoms with Gasteiger partial charge in [0.25, 0.3) is 0 Å². The van der Waals surface area contributed by atoms with Crippen LogP contribution in [-0.4, -0.2) is 0 Å². The summed E-state index contributed by atoms with van der Waals surface area (Å²) in [4.78, 5) is 2.75. The zero-order valence-electron chi connectivity index (χ0n) is 11.3. The van der Waals surface area contributed by atoms with Gasteiger partial charge in [-0.1, -0.05) is 52.3 Å². The van der Waals surface area contributed by atoms with Crippen molar-refractivity contribution in [1.29, 1.82) is 0 Å². The van der Waals surface area contributed by atoms with Gasteiger partial charge in [0.2, 0.25) is 0 Å². The minimum absolute atomic E-state index is 1.00. The maximum Gasteiger partial charge on any atom is 0.0345 e. The van der Waals surface area contributed by atoms with Crippen LogP contribution in [0.5, 0.6) is 0 Å². The molecule has 1 heterocycles. The number of rotatable bonds is 3. The van der Waals surface area contributed by atoms with E-state index in [9.17, 15) is 0 Å². The molecule has 2 heteroatoms. The first-order valence-corrected chi connectivity index (χ1v) is 8.22. The van der Waals surface area contributed by atoms with E-state index in [0.717, 1.165) is 10.9 Å². The van der Waals surface area contributed by atoms with Crippen LogP contribution >= 0.6 is 27.3 Å². The number of hydrogen-bond acceptors (Lipinski definition) is 1. The molecular weight excluding hydrogens is 328 g/mol. The minimum atomic E-state index is 1.00. The maximum atomic E-state index is 3.55. The summed E-state index contributed by atoms with van der Waals surface area (Å²) in [5.41, 5.74) is 4.04. The van der Waals surface area contributed by atoms with Gasteiger partial charge in [-0.05, 0) is 47.9 Å². The molecule has 20 heavy (non-hydrogen) atoms. The molecule has 0 unspecified atom stereocenters. The fourth-order valence-corrected chi connectivity index (χ4v) is 3.69. The van der Waals surface area contributed by atoms with Crippen LogP contribution in [0.3, 0.4) is 0 Å². The van der Waals surface area contributed by atoms with E-state index in [1.165, 1.54) is 26.4 Å². The number of halogens is 1. The summed E-state index contributed by atoms with van der Waals surface area (Å²) >= 11 is 5.44. The Kier molecular flexibility index (Phi) is 4.04. The molecule has 0 aliphatic carbocycles. The molecule has 0 bridgehead atoms. The van der Waals surface area contributed by atoms with E-state index in [1.54, 1.807) is 0 Å². The highest BCUT2D eigenvalue weighted by molar-refractivity contribution is 9.10. The SMILES string of the molecule is Cc1ccc(Br)cc1Cc1ccc(-c2ccccc2)s1. The van der Waals surface area contributed by atoms with Crippen LogP contribution in [0.4, 0.5) is 0 Å². The maximum absolute atomic E-state index is 3.55. The van der Waals surface area contributed by atoms with Crippen LogP contribution in [0.15, 0.2) is 65.1 Å². The summed E-state index contributed by atoms with van der Waals surface area (Å²) < 4.78 is 1.15. The largest absolute Gasteiger partial charge is 0.140 e. The highest BCUT2D eigenvalue weighted by atomic mass is 79.9. The Labute approximate surface area is 132 Å². The van der Waals surface area contributed by atoms with Crippen LogP contribution in [0.25, 0.3) is 10.4 Å². The molecule has 0 amide bonds. The van der Waals surface area contributed by atoms with E-state index in [-0.39, 0.29) is 0 Å². The van der Waals surface area contributed by atoms with Gasteiger partial charge in [-0.2, -0.15) is 0 Å². The van der Waals surface area contributed by atoms with Crippen molar-refractivity contribution in [3.05, 3.63) is 81.1 Å². The molecule has 3 rings (SSSR count). The van der Waals surface area contributed by atoms with E-state index in [2.05, 4.69) is 83.5 Å². The van der Waals surface area contributed by atoms with Crippen molar-refractivity contribution in [2.75, 3.05) is 0 Å². The van der Waals surface area contributed by atoms with Crippen LogP contribution in [0.1, 0.15) is 16.0 Å². The third-order valence-electron chi connectivity index (χ3n) is 3.40. The van der Waals surface area contributed by atoms with Crippen molar-refractivity contribution in [3.63, 3.8) is 0 Å². The average molecular weight is 343 g/mol. The lowest BCUT2D eigenvalue weighted by Gasteiger charge is -2.04. The molecular formula is C18H15BrS. The van der Waals surface area contributed by atoms with Crippen molar-refractivity contribution in [3.8, 4) is 10.4 Å². The lowest BCUT2D eigenvalue weighted by molar-refractivity contribution is 1.19. The van der Waals surface area contributed by atoms with Crippen molar-refractivity contribution in [2.45, 2.75) is 13.3 Å². The fourth-order valence-electron chi connectivity index (χ4n) is 2.25. The van der Waals surface area contributed by atoms with Gasteiger partial charge in [-0.15, -0.1) is 11.3 Å². The lowest BCUT2D eigenvalue weighted by atomic mass is 10.1. The van der Waals surface area contributed by atoms with Gasteiger partial charge < -0.3 is 0 Å². The van der Waals surface area contributed by atoms with Crippen molar-refractivity contribution in [1.82, 2.24) is 0 Å². The van der Waals surface area contributed by atoms with Crippen LogP contribution in [-0.2, 0) is 6.42 Å². The monoisotopic (exact) mass is 342 g/mol. The van der Waals surface area contributed by atoms with Crippen molar-refractivity contribution >= 4 is 27.3 Å². The van der Waals surface area contributed by atoms with Crippen molar-refractivity contribution < 1.29 is 0 Å². The lowest BCUT2D eigenvalue weighted by Crippen LogP contribution is -1.89. The third-order valence-corrected chi connectivity index (χ3v) is 5.02. The van der Waals surface area contributed by atoms with Crippen LogP contribution < -0.4 is 0 Å². The molecule has 0 radical (unpaired) electrons. The summed E-state index contributed by atoms with van der Waals surface area (Å²) in [6, 6.07) is 21.5. The Balaban J connectivity index is 1.86. The Morgan fingerprint density at radius 2 is 1.75 bits per heavy atom. The van der Waals surface area contributed by atoms with Gasteiger partial charge in [-0.25, -0.2) is 0 Å². The molecule has 3 aromatic rings. The zero-order valence-corrected chi connectivity index (χ0v) is 13.7. The third kappa shape index (κ3) is 3.02. The van der Waals surface area contributed by atoms with Gasteiger partial charge in [-0.3, -0.25) is 0 Å². The Morgan fingerprint density at radius 1 is 0.950 bits per heavy atom. The molecule has 0 nitrogen and oxygen atoms in total. The topological polar surface area (TPSA) is 0 Å². The Hall–Kier alpha value is -1.38. The molecule has 2 aromatic carbocycles. The molecule has 100 valence electrons. The van der Waals surface area contributed by atoms with Crippen LogP contribution in [0.2, 0.25) is 0 Å². The van der Waals surface area contributed by atoms with Gasteiger partial charge in [0.15, 0.2) is 0 Å².